The highest BCUT2D eigenvalue weighted by atomic mass is 32.1. The smallest absolute Gasteiger partial charge is 0.251 e. The van der Waals surface area contributed by atoms with Crippen LogP contribution in [0.1, 0.15) is 37.0 Å². The Morgan fingerprint density at radius 3 is 2.77 bits per heavy atom. The summed E-state index contributed by atoms with van der Waals surface area (Å²) in [5.74, 6) is 0.996. The van der Waals surface area contributed by atoms with Crippen LogP contribution in [-0.2, 0) is 11.3 Å². The molecular weight excluding hydrogens is 348 g/mol. The third-order valence-corrected chi connectivity index (χ3v) is 5.72. The van der Waals surface area contributed by atoms with Gasteiger partial charge in [-0.05, 0) is 43.5 Å². The van der Waals surface area contributed by atoms with Crippen LogP contribution in [0.15, 0.2) is 35.7 Å². The standard InChI is InChI=1S/C20H24N2O3S/c1-22(13-16-6-5-11-26-16)14-19(23)21-15-7-8-17-18(12-15)25-20(24-17)9-3-2-4-10-20/h5-8,11-12H,2-4,9-10,13-14H2,1H3,(H,21,23). The molecule has 1 saturated carbocycles. The van der Waals surface area contributed by atoms with Crippen molar-refractivity contribution in [2.45, 2.75) is 44.4 Å². The Balaban J connectivity index is 1.35. The van der Waals surface area contributed by atoms with Crippen molar-refractivity contribution in [3.05, 3.63) is 40.6 Å². The molecular formula is C20H24N2O3S. The number of amides is 1. The number of carbonyl (C=O) groups excluding carboxylic acids is 1. The van der Waals surface area contributed by atoms with E-state index in [4.69, 9.17) is 9.47 Å². The monoisotopic (exact) mass is 372 g/mol. The van der Waals surface area contributed by atoms with Crippen LogP contribution >= 0.6 is 11.3 Å². The Morgan fingerprint density at radius 1 is 1.19 bits per heavy atom. The number of hydrogen-bond acceptors (Lipinski definition) is 5. The second-order valence-corrected chi connectivity index (χ2v) is 8.17. The number of likely N-dealkylation sites (N-methyl/N-ethyl adjacent to an activating group) is 1. The van der Waals surface area contributed by atoms with Gasteiger partial charge in [0.1, 0.15) is 0 Å². The molecule has 0 unspecified atom stereocenters. The van der Waals surface area contributed by atoms with Gasteiger partial charge >= 0.3 is 0 Å². The van der Waals surface area contributed by atoms with Crippen molar-refractivity contribution in [3.63, 3.8) is 0 Å². The molecule has 5 nitrogen and oxygen atoms in total. The van der Waals surface area contributed by atoms with Gasteiger partial charge < -0.3 is 14.8 Å². The van der Waals surface area contributed by atoms with Gasteiger partial charge in [-0.15, -0.1) is 11.3 Å². The molecule has 1 aromatic carbocycles. The molecule has 1 aliphatic heterocycles. The predicted octanol–water partition coefficient (Wildman–Crippen LogP) is 4.25. The molecule has 0 atom stereocenters. The van der Waals surface area contributed by atoms with Crippen LogP contribution in [0.5, 0.6) is 11.5 Å². The first kappa shape index (κ1) is 17.4. The van der Waals surface area contributed by atoms with Crippen LogP contribution in [0.25, 0.3) is 0 Å². The molecule has 1 spiro atoms. The van der Waals surface area contributed by atoms with E-state index in [0.29, 0.717) is 6.54 Å². The van der Waals surface area contributed by atoms with Crippen molar-refractivity contribution in [1.29, 1.82) is 0 Å². The van der Waals surface area contributed by atoms with Gasteiger partial charge in [0, 0.05) is 36.0 Å². The van der Waals surface area contributed by atoms with Gasteiger partial charge in [-0.1, -0.05) is 12.5 Å². The second-order valence-electron chi connectivity index (χ2n) is 7.14. The minimum Gasteiger partial charge on any atom is -0.448 e. The Bertz CT molecular complexity index is 769. The lowest BCUT2D eigenvalue weighted by Gasteiger charge is -2.31. The van der Waals surface area contributed by atoms with Crippen LogP contribution < -0.4 is 14.8 Å². The zero-order chi connectivity index (χ0) is 18.0. The average molecular weight is 372 g/mol. The van der Waals surface area contributed by atoms with Gasteiger partial charge in [-0.2, -0.15) is 0 Å². The number of anilines is 1. The topological polar surface area (TPSA) is 50.8 Å². The minimum absolute atomic E-state index is 0.0321. The highest BCUT2D eigenvalue weighted by Gasteiger charge is 2.42. The van der Waals surface area contributed by atoms with E-state index in [1.54, 1.807) is 11.3 Å². The molecule has 26 heavy (non-hydrogen) atoms. The van der Waals surface area contributed by atoms with Gasteiger partial charge in [0.15, 0.2) is 11.5 Å². The van der Waals surface area contributed by atoms with Crippen molar-refractivity contribution in [2.24, 2.45) is 0 Å². The molecule has 2 aromatic rings. The van der Waals surface area contributed by atoms with E-state index in [1.165, 1.54) is 11.3 Å². The van der Waals surface area contributed by atoms with Crippen LogP contribution in [0.4, 0.5) is 5.69 Å². The molecule has 2 heterocycles. The van der Waals surface area contributed by atoms with Gasteiger partial charge in [-0.3, -0.25) is 9.69 Å². The number of hydrogen-bond donors (Lipinski definition) is 1. The van der Waals surface area contributed by atoms with E-state index < -0.39 is 5.79 Å². The molecule has 0 radical (unpaired) electrons. The Morgan fingerprint density at radius 2 is 2.00 bits per heavy atom. The summed E-state index contributed by atoms with van der Waals surface area (Å²) in [5, 5.41) is 5.01. The molecule has 0 bridgehead atoms. The molecule has 1 aliphatic carbocycles. The molecule has 138 valence electrons. The van der Waals surface area contributed by atoms with Crippen molar-refractivity contribution in [2.75, 3.05) is 18.9 Å². The summed E-state index contributed by atoms with van der Waals surface area (Å²) in [5.41, 5.74) is 0.745. The lowest BCUT2D eigenvalue weighted by molar-refractivity contribution is -0.117. The fourth-order valence-corrected chi connectivity index (χ4v) is 4.42. The number of fused-ring (bicyclic) bond motifs is 1. The average Bonchev–Trinajstić information content (AvgIpc) is 3.22. The highest BCUT2D eigenvalue weighted by molar-refractivity contribution is 7.09. The normalized spacial score (nSPS) is 17.6. The Hall–Kier alpha value is -2.05. The van der Waals surface area contributed by atoms with E-state index in [0.717, 1.165) is 49.4 Å². The molecule has 1 aromatic heterocycles. The molecule has 4 rings (SSSR count). The van der Waals surface area contributed by atoms with E-state index in [2.05, 4.69) is 16.8 Å². The summed E-state index contributed by atoms with van der Waals surface area (Å²) >= 11 is 1.70. The molecule has 6 heteroatoms. The van der Waals surface area contributed by atoms with Crippen molar-refractivity contribution < 1.29 is 14.3 Å². The number of benzene rings is 1. The number of nitrogens with one attached hydrogen (secondary N) is 1. The highest BCUT2D eigenvalue weighted by Crippen LogP contribution is 2.46. The summed E-state index contributed by atoms with van der Waals surface area (Å²) in [6, 6.07) is 9.75. The Kier molecular flexibility index (Phi) is 4.87. The summed E-state index contributed by atoms with van der Waals surface area (Å²) in [6.45, 7) is 1.12. The van der Waals surface area contributed by atoms with Gasteiger partial charge in [0.05, 0.1) is 6.54 Å². The summed E-state index contributed by atoms with van der Waals surface area (Å²) in [6.07, 6.45) is 5.36. The maximum atomic E-state index is 12.3. The van der Waals surface area contributed by atoms with E-state index in [9.17, 15) is 4.79 Å². The van der Waals surface area contributed by atoms with Crippen LogP contribution in [-0.4, -0.2) is 30.2 Å². The summed E-state index contributed by atoms with van der Waals surface area (Å²) < 4.78 is 12.2. The number of rotatable bonds is 5. The molecule has 1 N–H and O–H groups in total. The number of nitrogens with zero attached hydrogens (tertiary/aromatic N) is 1. The van der Waals surface area contributed by atoms with E-state index in [1.807, 2.05) is 36.2 Å². The largest absolute Gasteiger partial charge is 0.448 e. The SMILES string of the molecule is CN(CC(=O)Nc1ccc2c(c1)OC1(CCCCC1)O2)Cc1cccs1. The first-order valence-corrected chi connectivity index (χ1v) is 10.0. The quantitative estimate of drug-likeness (QED) is 0.852. The van der Waals surface area contributed by atoms with E-state index in [-0.39, 0.29) is 5.91 Å². The van der Waals surface area contributed by atoms with Crippen LogP contribution in [0, 0.1) is 0 Å². The van der Waals surface area contributed by atoms with Gasteiger partial charge in [-0.25, -0.2) is 0 Å². The molecule has 1 fully saturated rings. The number of carbonyl (C=O) groups is 1. The molecule has 0 saturated heterocycles. The number of ether oxygens (including phenoxy) is 2. The van der Waals surface area contributed by atoms with E-state index >= 15 is 0 Å². The summed E-state index contributed by atoms with van der Waals surface area (Å²) in [4.78, 5) is 15.6. The minimum atomic E-state index is -0.482. The van der Waals surface area contributed by atoms with Crippen molar-refractivity contribution in [3.8, 4) is 11.5 Å². The fourth-order valence-electron chi connectivity index (χ4n) is 3.64. The predicted molar refractivity (Wildman–Crippen MR) is 103 cm³/mol. The maximum Gasteiger partial charge on any atom is 0.251 e. The third-order valence-electron chi connectivity index (χ3n) is 4.85. The fraction of sp³-hybridized carbons (Fsp3) is 0.450. The van der Waals surface area contributed by atoms with Crippen molar-refractivity contribution in [1.82, 2.24) is 4.90 Å². The van der Waals surface area contributed by atoms with Crippen LogP contribution in [0.3, 0.4) is 0 Å². The first-order valence-electron chi connectivity index (χ1n) is 9.15. The third kappa shape index (κ3) is 3.86. The number of thiophene rings is 1. The lowest BCUT2D eigenvalue weighted by atomic mass is 9.94. The van der Waals surface area contributed by atoms with Crippen LogP contribution in [0.2, 0.25) is 0 Å². The molecule has 1 amide bonds. The zero-order valence-corrected chi connectivity index (χ0v) is 15.8. The Labute approximate surface area is 157 Å². The first-order chi connectivity index (χ1) is 12.6. The van der Waals surface area contributed by atoms with Crippen molar-refractivity contribution >= 4 is 22.9 Å². The zero-order valence-electron chi connectivity index (χ0n) is 15.0. The maximum absolute atomic E-state index is 12.3. The second kappa shape index (κ2) is 7.29. The van der Waals surface area contributed by atoms with Gasteiger partial charge in [0.25, 0.3) is 5.79 Å². The van der Waals surface area contributed by atoms with Gasteiger partial charge in [0.2, 0.25) is 5.91 Å². The summed E-state index contributed by atoms with van der Waals surface area (Å²) in [7, 11) is 1.95. The lowest BCUT2D eigenvalue weighted by Crippen LogP contribution is -2.40. The molecule has 2 aliphatic rings.